The first kappa shape index (κ1) is 71.9. The van der Waals surface area contributed by atoms with E-state index in [4.69, 9.17) is 18.5 Å². The van der Waals surface area contributed by atoms with Gasteiger partial charge in [0.25, 0.3) is 0 Å². The van der Waals surface area contributed by atoms with E-state index in [-0.39, 0.29) is 32.0 Å². The van der Waals surface area contributed by atoms with Gasteiger partial charge in [-0.3, -0.25) is 18.6 Å². The Bertz CT molecular complexity index is 1790. The first-order valence-electron chi connectivity index (χ1n) is 29.6. The number of rotatable bonds is 52. The third-order valence-electron chi connectivity index (χ3n) is 11.9. The second-order valence-electron chi connectivity index (χ2n) is 20.3. The van der Waals surface area contributed by atoms with E-state index >= 15 is 0 Å². The third-order valence-corrected chi connectivity index (χ3v) is 12.8. The smallest absolute Gasteiger partial charge is 0.462 e. The van der Waals surface area contributed by atoms with Gasteiger partial charge >= 0.3 is 19.8 Å². The van der Waals surface area contributed by atoms with Crippen molar-refractivity contribution in [3.05, 3.63) is 146 Å². The van der Waals surface area contributed by atoms with Crippen molar-refractivity contribution in [1.29, 1.82) is 0 Å². The number of phosphoric acid groups is 1. The number of phosphoric ester groups is 1. The highest BCUT2D eigenvalue weighted by molar-refractivity contribution is 7.47. The molecule has 0 saturated heterocycles. The first-order valence-corrected chi connectivity index (χ1v) is 31.1. The molecule has 0 heterocycles. The van der Waals surface area contributed by atoms with E-state index in [9.17, 15) is 19.0 Å². The summed E-state index contributed by atoms with van der Waals surface area (Å²) in [6.45, 7) is 4.24. The molecule has 0 rings (SSSR count). The van der Waals surface area contributed by atoms with Crippen molar-refractivity contribution in [1.82, 2.24) is 0 Å². The van der Waals surface area contributed by atoms with E-state index in [1.165, 1.54) is 32.1 Å². The van der Waals surface area contributed by atoms with Crippen LogP contribution < -0.4 is 0 Å². The van der Waals surface area contributed by atoms with Crippen molar-refractivity contribution in [3.63, 3.8) is 0 Å². The lowest BCUT2D eigenvalue weighted by Crippen LogP contribution is -2.37. The number of carbonyl (C=O) groups excluding carboxylic acids is 2. The summed E-state index contributed by atoms with van der Waals surface area (Å²) in [4.78, 5) is 35.6. The number of likely N-dealkylation sites (N-methyl/N-ethyl adjacent to an activating group) is 1. The molecule has 0 saturated carbocycles. The molecular formula is C66H109NO8P+. The van der Waals surface area contributed by atoms with Crippen molar-refractivity contribution >= 4 is 19.8 Å². The quantitative estimate of drug-likeness (QED) is 0.0211. The maximum absolute atomic E-state index is 12.8. The number of unbranched alkanes of at least 4 members (excludes halogenated alkanes) is 14. The Morgan fingerprint density at radius 2 is 0.750 bits per heavy atom. The van der Waals surface area contributed by atoms with Gasteiger partial charge in [-0.25, -0.2) is 4.57 Å². The number of ether oxygens (including phenoxy) is 2. The van der Waals surface area contributed by atoms with E-state index in [1.807, 2.05) is 21.1 Å². The summed E-state index contributed by atoms with van der Waals surface area (Å²) in [6.07, 6.45) is 82.1. The van der Waals surface area contributed by atoms with Crippen LogP contribution in [0.25, 0.3) is 0 Å². The van der Waals surface area contributed by atoms with Crippen molar-refractivity contribution in [2.75, 3.05) is 47.5 Å². The molecule has 0 radical (unpaired) electrons. The maximum atomic E-state index is 12.8. The highest BCUT2D eigenvalue weighted by atomic mass is 31.2. The molecule has 0 aliphatic carbocycles. The summed E-state index contributed by atoms with van der Waals surface area (Å²) < 4.78 is 34.4. The summed E-state index contributed by atoms with van der Waals surface area (Å²) in [7, 11) is 1.44. The van der Waals surface area contributed by atoms with Gasteiger partial charge in [0, 0.05) is 12.8 Å². The predicted octanol–water partition coefficient (Wildman–Crippen LogP) is 18.7. The van der Waals surface area contributed by atoms with Gasteiger partial charge in [0.2, 0.25) is 0 Å². The molecule has 0 fully saturated rings. The lowest BCUT2D eigenvalue weighted by Gasteiger charge is -2.24. The first-order chi connectivity index (χ1) is 37.0. The average Bonchev–Trinajstić information content (AvgIpc) is 3.38. The van der Waals surface area contributed by atoms with Crippen LogP contribution in [0.5, 0.6) is 0 Å². The number of esters is 2. The summed E-state index contributed by atoms with van der Waals surface area (Å²) in [6, 6.07) is 0. The van der Waals surface area contributed by atoms with Crippen molar-refractivity contribution in [3.8, 4) is 0 Å². The highest BCUT2D eigenvalue weighted by Crippen LogP contribution is 2.43. The molecule has 0 spiro atoms. The second kappa shape index (κ2) is 55.6. The van der Waals surface area contributed by atoms with Gasteiger partial charge in [-0.1, -0.05) is 217 Å². The average molecular weight is 1080 g/mol. The number of allylic oxidation sites excluding steroid dienone is 24. The molecule has 2 atom stereocenters. The van der Waals surface area contributed by atoms with Crippen LogP contribution in [0.15, 0.2) is 146 Å². The molecule has 1 N–H and O–H groups in total. The minimum absolute atomic E-state index is 0.0188. The fraction of sp³-hybridized carbons (Fsp3) is 0.606. The van der Waals surface area contributed by atoms with Gasteiger partial charge in [0.15, 0.2) is 6.10 Å². The predicted molar refractivity (Wildman–Crippen MR) is 325 cm³/mol. The van der Waals surface area contributed by atoms with E-state index in [0.717, 1.165) is 141 Å². The van der Waals surface area contributed by atoms with Crippen LogP contribution in [0, 0.1) is 0 Å². The number of quaternary nitrogens is 1. The number of hydrogen-bond acceptors (Lipinski definition) is 7. The SMILES string of the molecule is CC/C=C\C/C=C\C/C=C\C/C=C\C/C=C\C/C=C\C/C=C\C/C=C\C/C=C\C/C=C\C/C=C\CCCCCCCC(=O)OC(COC(=O)CCCCCCC/C=C\CCCCCC)COP(=O)(O)OCC[N+](C)(C)C. The Labute approximate surface area is 465 Å². The van der Waals surface area contributed by atoms with Gasteiger partial charge < -0.3 is 18.9 Å². The van der Waals surface area contributed by atoms with Gasteiger partial charge in [0.05, 0.1) is 27.7 Å². The highest BCUT2D eigenvalue weighted by Gasteiger charge is 2.27. The fourth-order valence-corrected chi connectivity index (χ4v) is 8.05. The van der Waals surface area contributed by atoms with Crippen molar-refractivity contribution in [2.45, 2.75) is 213 Å². The standard InChI is InChI=1S/C66H108NO8P/c1-6-8-10-12-14-16-18-20-21-22-23-24-25-26-27-28-29-30-31-32-33-34-35-36-37-38-39-40-41-42-43-44-45-47-49-51-53-55-57-59-66(69)75-64(63-74-76(70,71)73-61-60-67(3,4)5)62-72-65(68)58-56-54-52-50-48-46-19-17-15-13-11-9-7-2/h8,10,14,16-17,19-21,23-24,26-27,29-30,32-33,35-36,38-39,41-42,44-45,64H,6-7,9,11-13,15,18,22,25,28,31,34,37,40,43,46-63H2,1-5H3/p+1/b10-8-,16-14-,19-17-,21-20-,24-23-,27-26-,30-29-,33-32-,36-35-,39-38-,42-41-,45-44-. The monoisotopic (exact) mass is 1070 g/mol. The molecule has 0 aromatic rings. The number of nitrogens with zero attached hydrogens (tertiary/aromatic N) is 1. The van der Waals surface area contributed by atoms with E-state index in [2.05, 4.69) is 160 Å². The summed E-state index contributed by atoms with van der Waals surface area (Å²) in [5.74, 6) is -0.842. The Hall–Kier alpha value is -4.11. The molecule has 0 aromatic heterocycles. The van der Waals surface area contributed by atoms with Crippen molar-refractivity contribution in [2.24, 2.45) is 0 Å². The zero-order chi connectivity index (χ0) is 55.6. The Morgan fingerprint density at radius 1 is 0.421 bits per heavy atom. The Kier molecular flexibility index (Phi) is 52.6. The van der Waals surface area contributed by atoms with Crippen LogP contribution in [0.2, 0.25) is 0 Å². The molecule has 10 heteroatoms. The third kappa shape index (κ3) is 59.1. The van der Waals surface area contributed by atoms with Crippen LogP contribution in [0.3, 0.4) is 0 Å². The Balaban J connectivity index is 4.18. The van der Waals surface area contributed by atoms with Crippen LogP contribution in [-0.4, -0.2) is 74.9 Å². The number of carbonyl (C=O) groups is 2. The van der Waals surface area contributed by atoms with Gasteiger partial charge in [-0.05, 0) is 122 Å². The Morgan fingerprint density at radius 3 is 1.13 bits per heavy atom. The molecule has 430 valence electrons. The fourth-order valence-electron chi connectivity index (χ4n) is 7.31. The lowest BCUT2D eigenvalue weighted by atomic mass is 10.1. The van der Waals surface area contributed by atoms with Gasteiger partial charge in [-0.2, -0.15) is 0 Å². The summed E-state index contributed by atoms with van der Waals surface area (Å²) in [5, 5.41) is 0. The molecule has 76 heavy (non-hydrogen) atoms. The largest absolute Gasteiger partial charge is 0.472 e. The summed E-state index contributed by atoms with van der Waals surface area (Å²) >= 11 is 0. The van der Waals surface area contributed by atoms with Gasteiger partial charge in [0.1, 0.15) is 19.8 Å². The zero-order valence-corrected chi connectivity index (χ0v) is 49.6. The van der Waals surface area contributed by atoms with E-state index in [0.29, 0.717) is 17.4 Å². The van der Waals surface area contributed by atoms with Crippen molar-refractivity contribution < 1.29 is 42.1 Å². The van der Waals surface area contributed by atoms with E-state index < -0.39 is 26.5 Å². The van der Waals surface area contributed by atoms with Crippen LogP contribution >= 0.6 is 7.82 Å². The molecule has 0 aliphatic rings. The molecule has 0 amide bonds. The minimum atomic E-state index is -4.40. The second-order valence-corrected chi connectivity index (χ2v) is 21.7. The van der Waals surface area contributed by atoms with Crippen LogP contribution in [-0.2, 0) is 32.7 Å². The molecular weight excluding hydrogens is 966 g/mol. The van der Waals surface area contributed by atoms with E-state index in [1.54, 1.807) is 0 Å². The van der Waals surface area contributed by atoms with Gasteiger partial charge in [-0.15, -0.1) is 0 Å². The molecule has 9 nitrogen and oxygen atoms in total. The zero-order valence-electron chi connectivity index (χ0n) is 48.7. The molecule has 0 bridgehead atoms. The molecule has 0 aromatic carbocycles. The normalized spacial score (nSPS) is 14.3. The lowest BCUT2D eigenvalue weighted by molar-refractivity contribution is -0.870. The molecule has 0 aliphatic heterocycles. The number of hydrogen-bond donors (Lipinski definition) is 1. The minimum Gasteiger partial charge on any atom is -0.462 e. The topological polar surface area (TPSA) is 108 Å². The summed E-state index contributed by atoms with van der Waals surface area (Å²) in [5.41, 5.74) is 0. The van der Waals surface area contributed by atoms with Crippen LogP contribution in [0.4, 0.5) is 0 Å². The van der Waals surface area contributed by atoms with Crippen LogP contribution in [0.1, 0.15) is 206 Å². The maximum Gasteiger partial charge on any atom is 0.472 e. The molecule has 2 unspecified atom stereocenters.